The molecule has 6 aliphatic rings. The van der Waals surface area contributed by atoms with Crippen LogP contribution < -0.4 is 0 Å². The van der Waals surface area contributed by atoms with E-state index in [1.54, 1.807) is 0 Å². The molecule has 6 fully saturated rings. The Bertz CT molecular complexity index is 1150. The zero-order valence-electron chi connectivity index (χ0n) is 24.0. The SMILES string of the molecule is O[C@@H]1[C@H]2O[C@@]3(CCC[C@@H](c4ccccc4)O3)[C@]3(CCC[C@@H](c4ccccc4)O3)O[C@@H]2[C@@H](O)[C@@H]2OC3(CCCCC3)O[C@H]12. The van der Waals surface area contributed by atoms with E-state index < -0.39 is 54.0 Å². The quantitative estimate of drug-likeness (QED) is 0.501. The van der Waals surface area contributed by atoms with Crippen LogP contribution in [0.2, 0.25) is 0 Å². The lowest BCUT2D eigenvalue weighted by Gasteiger charge is -2.62. The van der Waals surface area contributed by atoms with Gasteiger partial charge >= 0.3 is 0 Å². The monoisotopic (exact) mass is 578 g/mol. The van der Waals surface area contributed by atoms with Crippen LogP contribution in [0.15, 0.2) is 60.7 Å². The normalized spacial score (nSPS) is 44.6. The minimum absolute atomic E-state index is 0.215. The zero-order valence-corrected chi connectivity index (χ0v) is 24.0. The molecule has 0 bridgehead atoms. The van der Waals surface area contributed by atoms with Crippen LogP contribution in [0.4, 0.5) is 0 Å². The van der Waals surface area contributed by atoms with Crippen molar-refractivity contribution in [2.45, 2.75) is 137 Å². The van der Waals surface area contributed by atoms with Crippen LogP contribution in [-0.2, 0) is 28.4 Å². The summed E-state index contributed by atoms with van der Waals surface area (Å²) in [6.45, 7) is 0. The second-order valence-corrected chi connectivity index (χ2v) is 13.1. The number of aliphatic hydroxyl groups is 2. The lowest BCUT2D eigenvalue weighted by Crippen LogP contribution is -2.76. The van der Waals surface area contributed by atoms with Crippen molar-refractivity contribution in [2.24, 2.45) is 0 Å². The molecule has 0 radical (unpaired) electrons. The summed E-state index contributed by atoms with van der Waals surface area (Å²) in [5.74, 6) is -3.30. The molecule has 8 nitrogen and oxygen atoms in total. The standard InChI is InChI=1S/C34H42O8/c35-26-28-29(40-32(39-28)18-8-3-9-19-32)27(36)31-30(26)41-33(20-10-16-24(37-33)22-12-4-1-5-13-22)34(42-31)21-11-17-25(38-34)23-14-6-2-7-15-23/h1-2,4-7,12-15,24-31,35-36H,3,8-11,16-21H2/t24-,25-,26-,27-,28-,29+,30+,31+,33-,34-/m0/s1. The van der Waals surface area contributed by atoms with Gasteiger partial charge in [-0.15, -0.1) is 0 Å². The second kappa shape index (κ2) is 10.6. The van der Waals surface area contributed by atoms with Crippen LogP contribution in [0.5, 0.6) is 0 Å². The van der Waals surface area contributed by atoms with Crippen LogP contribution in [0.3, 0.4) is 0 Å². The van der Waals surface area contributed by atoms with E-state index in [9.17, 15) is 10.2 Å². The molecular formula is C34H42O8. The Morgan fingerprint density at radius 3 is 1.36 bits per heavy atom. The fraction of sp³-hybridized carbons (Fsp3) is 0.647. The van der Waals surface area contributed by atoms with Crippen molar-refractivity contribution >= 4 is 0 Å². The Morgan fingerprint density at radius 1 is 0.476 bits per heavy atom. The smallest absolute Gasteiger partial charge is 0.224 e. The number of rotatable bonds is 2. The molecule has 2 aliphatic carbocycles. The van der Waals surface area contributed by atoms with Crippen molar-refractivity contribution in [3.05, 3.63) is 71.8 Å². The summed E-state index contributed by atoms with van der Waals surface area (Å²) in [6, 6.07) is 20.4. The van der Waals surface area contributed by atoms with Crippen molar-refractivity contribution in [2.75, 3.05) is 0 Å². The summed E-state index contributed by atoms with van der Waals surface area (Å²) in [5, 5.41) is 23.6. The number of fused-ring (bicyclic) bond motifs is 3. The maximum absolute atomic E-state index is 11.8. The van der Waals surface area contributed by atoms with E-state index in [-0.39, 0.29) is 12.2 Å². The number of ether oxygens (including phenoxy) is 6. The van der Waals surface area contributed by atoms with Crippen LogP contribution in [0.25, 0.3) is 0 Å². The maximum atomic E-state index is 11.8. The molecule has 4 heterocycles. The minimum Gasteiger partial charge on any atom is -0.387 e. The Kier molecular flexibility index (Phi) is 7.00. The van der Waals surface area contributed by atoms with E-state index in [1.165, 1.54) is 0 Å². The van der Waals surface area contributed by atoms with E-state index in [1.807, 2.05) is 36.4 Å². The Balaban J connectivity index is 1.16. The number of aliphatic hydroxyl groups excluding tert-OH is 2. The molecule has 0 amide bonds. The molecule has 10 atom stereocenters. The molecule has 4 aliphatic heterocycles. The zero-order chi connectivity index (χ0) is 28.4. The van der Waals surface area contributed by atoms with Crippen molar-refractivity contribution in [1.29, 1.82) is 0 Å². The Morgan fingerprint density at radius 2 is 0.905 bits per heavy atom. The average Bonchev–Trinajstić information content (AvgIpc) is 3.41. The van der Waals surface area contributed by atoms with Gasteiger partial charge in [0, 0.05) is 25.7 Å². The fourth-order valence-corrected chi connectivity index (χ4v) is 8.44. The van der Waals surface area contributed by atoms with Gasteiger partial charge in [-0.05, 0) is 49.7 Å². The summed E-state index contributed by atoms with van der Waals surface area (Å²) < 4.78 is 40.9. The molecule has 226 valence electrons. The van der Waals surface area contributed by atoms with Crippen LogP contribution in [-0.4, -0.2) is 64.2 Å². The summed E-state index contributed by atoms with van der Waals surface area (Å²) >= 11 is 0. The lowest BCUT2D eigenvalue weighted by molar-refractivity contribution is -0.510. The van der Waals surface area contributed by atoms with Gasteiger partial charge in [0.25, 0.3) is 0 Å². The molecule has 8 heteroatoms. The number of hydrogen-bond acceptors (Lipinski definition) is 8. The Labute approximate surface area is 247 Å². The first-order valence-corrected chi connectivity index (χ1v) is 16.0. The highest BCUT2D eigenvalue weighted by Crippen LogP contribution is 2.58. The van der Waals surface area contributed by atoms with Crippen molar-refractivity contribution in [3.8, 4) is 0 Å². The molecule has 42 heavy (non-hydrogen) atoms. The third-order valence-electron chi connectivity index (χ3n) is 10.5. The van der Waals surface area contributed by atoms with Gasteiger partial charge in [0.15, 0.2) is 5.79 Å². The van der Waals surface area contributed by atoms with Crippen molar-refractivity contribution in [1.82, 2.24) is 0 Å². The first kappa shape index (κ1) is 27.7. The van der Waals surface area contributed by atoms with E-state index >= 15 is 0 Å². The third-order valence-corrected chi connectivity index (χ3v) is 10.5. The molecule has 2 aromatic carbocycles. The molecule has 0 unspecified atom stereocenters. The largest absolute Gasteiger partial charge is 0.387 e. The van der Waals surface area contributed by atoms with Gasteiger partial charge in [0.1, 0.15) is 36.6 Å². The molecule has 2 N–H and O–H groups in total. The van der Waals surface area contributed by atoms with E-state index in [0.29, 0.717) is 12.8 Å². The summed E-state index contributed by atoms with van der Waals surface area (Å²) in [6.07, 6.45) is 3.49. The molecular weight excluding hydrogens is 536 g/mol. The van der Waals surface area contributed by atoms with Crippen molar-refractivity contribution < 1.29 is 38.6 Å². The summed E-state index contributed by atoms with van der Waals surface area (Å²) in [5.41, 5.74) is 2.15. The van der Waals surface area contributed by atoms with E-state index in [0.717, 1.165) is 68.9 Å². The van der Waals surface area contributed by atoms with Crippen molar-refractivity contribution in [3.63, 3.8) is 0 Å². The first-order valence-electron chi connectivity index (χ1n) is 16.0. The average molecular weight is 579 g/mol. The Hall–Kier alpha value is -1.88. The molecule has 8 rings (SSSR count). The predicted octanol–water partition coefficient (Wildman–Crippen LogP) is 5.23. The van der Waals surface area contributed by atoms with Gasteiger partial charge in [-0.1, -0.05) is 67.1 Å². The molecule has 4 saturated heterocycles. The van der Waals surface area contributed by atoms with Gasteiger partial charge in [-0.25, -0.2) is 0 Å². The second-order valence-electron chi connectivity index (χ2n) is 13.1. The molecule has 0 aromatic heterocycles. The van der Waals surface area contributed by atoms with Crippen LogP contribution in [0.1, 0.15) is 94.0 Å². The number of benzene rings is 2. The third kappa shape index (κ3) is 4.41. The molecule has 2 saturated carbocycles. The predicted molar refractivity (Wildman–Crippen MR) is 151 cm³/mol. The van der Waals surface area contributed by atoms with Gasteiger partial charge in [0.05, 0.1) is 12.2 Å². The summed E-state index contributed by atoms with van der Waals surface area (Å²) in [7, 11) is 0. The van der Waals surface area contributed by atoms with Gasteiger partial charge in [-0.3, -0.25) is 0 Å². The van der Waals surface area contributed by atoms with Gasteiger partial charge < -0.3 is 38.6 Å². The fourth-order valence-electron chi connectivity index (χ4n) is 8.44. The topological polar surface area (TPSA) is 95.8 Å². The highest BCUT2D eigenvalue weighted by molar-refractivity contribution is 5.21. The van der Waals surface area contributed by atoms with Crippen LogP contribution >= 0.6 is 0 Å². The highest BCUT2D eigenvalue weighted by Gasteiger charge is 2.71. The maximum Gasteiger partial charge on any atom is 0.224 e. The molecule has 3 spiro atoms. The highest BCUT2D eigenvalue weighted by atomic mass is 16.8. The number of hydrogen-bond donors (Lipinski definition) is 2. The van der Waals surface area contributed by atoms with Crippen LogP contribution in [0, 0.1) is 0 Å². The van der Waals surface area contributed by atoms with Gasteiger partial charge in [0.2, 0.25) is 11.6 Å². The summed E-state index contributed by atoms with van der Waals surface area (Å²) in [4.78, 5) is 0. The molecule has 2 aromatic rings. The van der Waals surface area contributed by atoms with Gasteiger partial charge in [-0.2, -0.15) is 0 Å². The van der Waals surface area contributed by atoms with E-state index in [4.69, 9.17) is 28.4 Å². The lowest BCUT2D eigenvalue weighted by atomic mass is 9.79. The first-order chi connectivity index (χ1) is 20.5. The van der Waals surface area contributed by atoms with E-state index in [2.05, 4.69) is 24.3 Å². The minimum atomic E-state index is -1.27.